The fourth-order valence-electron chi connectivity index (χ4n) is 1.08. The minimum atomic E-state index is -0.395. The Morgan fingerprint density at radius 1 is 1.67 bits per heavy atom. The lowest BCUT2D eigenvalue weighted by Crippen LogP contribution is -2.40. The molecule has 0 aromatic heterocycles. The van der Waals surface area contributed by atoms with Gasteiger partial charge in [0.25, 0.3) is 11.9 Å². The van der Waals surface area contributed by atoms with Crippen LogP contribution in [0.25, 0.3) is 0 Å². The van der Waals surface area contributed by atoms with Gasteiger partial charge in [-0.25, -0.2) is 4.99 Å². The van der Waals surface area contributed by atoms with E-state index >= 15 is 0 Å². The number of hydrogen-bond donors (Lipinski definition) is 1. The molecule has 2 aliphatic heterocycles. The van der Waals surface area contributed by atoms with Crippen LogP contribution in [0.4, 0.5) is 0 Å². The molecular formula is C7H7N3O2. The van der Waals surface area contributed by atoms with Gasteiger partial charge in [0.05, 0.1) is 12.7 Å². The van der Waals surface area contributed by atoms with Crippen molar-refractivity contribution in [1.29, 1.82) is 0 Å². The Bertz CT molecular complexity index is 317. The van der Waals surface area contributed by atoms with E-state index in [-0.39, 0.29) is 11.9 Å². The van der Waals surface area contributed by atoms with Crippen LogP contribution in [0.5, 0.6) is 0 Å². The van der Waals surface area contributed by atoms with Crippen molar-refractivity contribution in [3.05, 3.63) is 11.6 Å². The molecule has 0 saturated heterocycles. The van der Waals surface area contributed by atoms with Gasteiger partial charge in [-0.15, -0.1) is 0 Å². The molecule has 0 aliphatic carbocycles. The van der Waals surface area contributed by atoms with E-state index in [4.69, 9.17) is 4.74 Å². The monoisotopic (exact) mass is 165 g/mol. The Kier molecular flexibility index (Phi) is 1.43. The summed E-state index contributed by atoms with van der Waals surface area (Å²) in [4.78, 5) is 19.2. The highest BCUT2D eigenvalue weighted by atomic mass is 16.5. The summed E-state index contributed by atoms with van der Waals surface area (Å²) in [5.74, 6) is -0.190. The van der Waals surface area contributed by atoms with Crippen molar-refractivity contribution >= 4 is 18.1 Å². The van der Waals surface area contributed by atoms with E-state index in [0.717, 1.165) is 0 Å². The molecule has 5 nitrogen and oxygen atoms in total. The third-order valence-electron chi connectivity index (χ3n) is 1.68. The number of fused-ring (bicyclic) bond motifs is 1. The number of carbonyl (C=O) groups is 1. The molecule has 0 aromatic rings. The molecule has 2 heterocycles. The van der Waals surface area contributed by atoms with Crippen LogP contribution in [-0.2, 0) is 9.53 Å². The summed E-state index contributed by atoms with van der Waals surface area (Å²) in [7, 11) is 1.45. The number of aliphatic imine (C=N–C) groups is 2. The summed E-state index contributed by atoms with van der Waals surface area (Å²) in [5, 5.41) is 2.48. The molecule has 0 radical (unpaired) electrons. The highest BCUT2D eigenvalue weighted by Gasteiger charge is 2.28. The Balaban J connectivity index is 2.34. The first-order valence-corrected chi connectivity index (χ1v) is 3.48. The SMILES string of the molecule is COC1=NC2N=CC=C2C(=O)N1. The third-order valence-corrected chi connectivity index (χ3v) is 1.68. The molecule has 5 heteroatoms. The number of rotatable bonds is 0. The van der Waals surface area contributed by atoms with Crippen LogP contribution in [0.3, 0.4) is 0 Å². The molecule has 1 atom stereocenters. The average molecular weight is 165 g/mol. The Morgan fingerprint density at radius 3 is 3.25 bits per heavy atom. The molecule has 2 rings (SSSR count). The zero-order valence-electron chi connectivity index (χ0n) is 6.44. The molecular weight excluding hydrogens is 158 g/mol. The van der Waals surface area contributed by atoms with Crippen molar-refractivity contribution in [1.82, 2.24) is 5.32 Å². The van der Waals surface area contributed by atoms with Crippen LogP contribution in [0, 0.1) is 0 Å². The van der Waals surface area contributed by atoms with E-state index in [1.165, 1.54) is 7.11 Å². The molecule has 0 aromatic carbocycles. The molecule has 0 bridgehead atoms. The number of amides is 1. The van der Waals surface area contributed by atoms with Crippen LogP contribution in [-0.4, -0.2) is 31.4 Å². The number of hydrogen-bond acceptors (Lipinski definition) is 4. The van der Waals surface area contributed by atoms with Crippen molar-refractivity contribution in [2.75, 3.05) is 7.11 Å². The lowest BCUT2D eigenvalue weighted by molar-refractivity contribution is -0.116. The zero-order valence-corrected chi connectivity index (χ0v) is 6.44. The molecule has 12 heavy (non-hydrogen) atoms. The maximum Gasteiger partial charge on any atom is 0.293 e. The van der Waals surface area contributed by atoms with Crippen LogP contribution in [0.2, 0.25) is 0 Å². The summed E-state index contributed by atoms with van der Waals surface area (Å²) in [6.07, 6.45) is 2.83. The van der Waals surface area contributed by atoms with E-state index < -0.39 is 6.17 Å². The molecule has 0 fully saturated rings. The predicted octanol–water partition coefficient (Wildman–Crippen LogP) is -0.545. The molecule has 1 amide bonds. The number of nitrogens with one attached hydrogen (secondary N) is 1. The number of nitrogens with zero attached hydrogens (tertiary/aromatic N) is 2. The van der Waals surface area contributed by atoms with Crippen LogP contribution < -0.4 is 5.32 Å². The molecule has 62 valence electrons. The smallest absolute Gasteiger partial charge is 0.293 e. The van der Waals surface area contributed by atoms with Gasteiger partial charge in [0.1, 0.15) is 0 Å². The van der Waals surface area contributed by atoms with Crippen molar-refractivity contribution in [2.45, 2.75) is 6.17 Å². The van der Waals surface area contributed by atoms with E-state index in [2.05, 4.69) is 15.3 Å². The van der Waals surface area contributed by atoms with Crippen molar-refractivity contribution in [3.8, 4) is 0 Å². The first-order chi connectivity index (χ1) is 5.81. The van der Waals surface area contributed by atoms with Gasteiger partial charge in [-0.3, -0.25) is 15.1 Å². The summed E-state index contributed by atoms with van der Waals surface area (Å²) in [6, 6.07) is 0.223. The normalized spacial score (nSPS) is 25.8. The van der Waals surface area contributed by atoms with E-state index in [1.54, 1.807) is 12.3 Å². The van der Waals surface area contributed by atoms with Gasteiger partial charge < -0.3 is 4.74 Å². The highest BCUT2D eigenvalue weighted by molar-refractivity contribution is 6.09. The second kappa shape index (κ2) is 2.44. The van der Waals surface area contributed by atoms with Crippen molar-refractivity contribution < 1.29 is 9.53 Å². The van der Waals surface area contributed by atoms with Crippen LogP contribution >= 0.6 is 0 Å². The van der Waals surface area contributed by atoms with E-state index in [1.807, 2.05) is 0 Å². The molecule has 2 aliphatic rings. The van der Waals surface area contributed by atoms with Gasteiger partial charge in [-0.2, -0.15) is 0 Å². The fraction of sp³-hybridized carbons (Fsp3) is 0.286. The quantitative estimate of drug-likeness (QED) is 0.523. The van der Waals surface area contributed by atoms with E-state index in [9.17, 15) is 4.79 Å². The summed E-state index contributed by atoms with van der Waals surface area (Å²) < 4.78 is 4.79. The molecule has 1 N–H and O–H groups in total. The van der Waals surface area contributed by atoms with Gasteiger partial charge in [0.2, 0.25) is 0 Å². The standard InChI is InChI=1S/C7H7N3O2/c1-12-7-9-5-4(2-3-8-5)6(11)10-7/h2-3,5H,1H3,(H,9,10,11). The Morgan fingerprint density at radius 2 is 2.50 bits per heavy atom. The third kappa shape index (κ3) is 0.903. The van der Waals surface area contributed by atoms with Crippen molar-refractivity contribution in [2.24, 2.45) is 9.98 Å². The number of allylic oxidation sites excluding steroid dienone is 1. The van der Waals surface area contributed by atoms with Crippen LogP contribution in [0.15, 0.2) is 21.6 Å². The summed E-state index contributed by atoms with van der Waals surface area (Å²) in [5.41, 5.74) is 0.566. The minimum absolute atomic E-state index is 0.190. The summed E-state index contributed by atoms with van der Waals surface area (Å²) >= 11 is 0. The first kappa shape index (κ1) is 7.02. The lowest BCUT2D eigenvalue weighted by atomic mass is 10.2. The first-order valence-electron chi connectivity index (χ1n) is 3.48. The van der Waals surface area contributed by atoms with Gasteiger partial charge in [-0.1, -0.05) is 0 Å². The largest absolute Gasteiger partial charge is 0.468 e. The average Bonchev–Trinajstić information content (AvgIpc) is 2.52. The molecule has 0 spiro atoms. The second-order valence-electron chi connectivity index (χ2n) is 2.39. The number of ether oxygens (including phenoxy) is 1. The fourth-order valence-corrected chi connectivity index (χ4v) is 1.08. The number of methoxy groups -OCH3 is 1. The van der Waals surface area contributed by atoms with Crippen molar-refractivity contribution in [3.63, 3.8) is 0 Å². The number of amidine groups is 1. The maximum atomic E-state index is 11.2. The van der Waals surface area contributed by atoms with Gasteiger partial charge in [-0.05, 0) is 6.08 Å². The lowest BCUT2D eigenvalue weighted by Gasteiger charge is -2.16. The molecule has 0 saturated carbocycles. The second-order valence-corrected chi connectivity index (χ2v) is 2.39. The topological polar surface area (TPSA) is 63.1 Å². The summed E-state index contributed by atoms with van der Waals surface area (Å²) in [6.45, 7) is 0. The van der Waals surface area contributed by atoms with E-state index in [0.29, 0.717) is 5.57 Å². The molecule has 1 unspecified atom stereocenters. The van der Waals surface area contributed by atoms with Gasteiger partial charge in [0.15, 0.2) is 6.17 Å². The zero-order chi connectivity index (χ0) is 8.55. The maximum absolute atomic E-state index is 11.2. The number of carbonyl (C=O) groups excluding carboxylic acids is 1. The Hall–Kier alpha value is -1.65. The van der Waals surface area contributed by atoms with Gasteiger partial charge >= 0.3 is 0 Å². The minimum Gasteiger partial charge on any atom is -0.468 e. The van der Waals surface area contributed by atoms with Gasteiger partial charge in [0, 0.05) is 6.21 Å². The Labute approximate surface area is 68.8 Å². The predicted molar refractivity (Wildman–Crippen MR) is 42.9 cm³/mol. The highest BCUT2D eigenvalue weighted by Crippen LogP contribution is 2.16. The van der Waals surface area contributed by atoms with Crippen LogP contribution in [0.1, 0.15) is 0 Å².